The second kappa shape index (κ2) is 5.32. The normalized spacial score (nSPS) is 12.6. The molecule has 2 rings (SSSR count). The van der Waals surface area contributed by atoms with Gasteiger partial charge in [-0.15, -0.1) is 0 Å². The molecule has 0 bridgehead atoms. The quantitative estimate of drug-likeness (QED) is 0.926. The van der Waals surface area contributed by atoms with Crippen LogP contribution < -0.4 is 0 Å². The Bertz CT molecular complexity index is 436. The summed E-state index contributed by atoms with van der Waals surface area (Å²) in [6.45, 7) is 0. The summed E-state index contributed by atoms with van der Waals surface area (Å²) in [5.41, 5.74) is 0.949. The van der Waals surface area contributed by atoms with Crippen molar-refractivity contribution in [3.8, 4) is 0 Å². The number of furan rings is 1. The van der Waals surface area contributed by atoms with E-state index in [0.717, 1.165) is 22.2 Å². The van der Waals surface area contributed by atoms with Crippen molar-refractivity contribution < 1.29 is 9.52 Å². The summed E-state index contributed by atoms with van der Waals surface area (Å²) >= 11 is 3.40. The van der Waals surface area contributed by atoms with E-state index in [9.17, 15) is 5.11 Å². The van der Waals surface area contributed by atoms with Gasteiger partial charge in [0.2, 0.25) is 0 Å². The van der Waals surface area contributed by atoms with Crippen LogP contribution in [0.1, 0.15) is 23.8 Å². The Hall–Kier alpha value is -1.06. The number of hydrogen-bond acceptors (Lipinski definition) is 2. The van der Waals surface area contributed by atoms with Crippen LogP contribution >= 0.6 is 15.9 Å². The van der Waals surface area contributed by atoms with Gasteiger partial charge < -0.3 is 9.52 Å². The molecule has 84 valence electrons. The average Bonchev–Trinajstić information content (AvgIpc) is 2.73. The van der Waals surface area contributed by atoms with Gasteiger partial charge in [-0.1, -0.05) is 30.3 Å². The zero-order valence-electron chi connectivity index (χ0n) is 8.77. The molecule has 0 aliphatic carbocycles. The Labute approximate surface area is 103 Å². The number of aliphatic hydroxyl groups is 1. The van der Waals surface area contributed by atoms with Crippen LogP contribution in [0.2, 0.25) is 0 Å². The van der Waals surface area contributed by atoms with Crippen molar-refractivity contribution in [2.75, 3.05) is 0 Å². The maximum Gasteiger partial charge on any atom is 0.118 e. The van der Waals surface area contributed by atoms with E-state index in [0.29, 0.717) is 6.42 Å². The lowest BCUT2D eigenvalue weighted by atomic mass is 10.0. The SMILES string of the molecule is OC(CCc1occc1Br)c1ccccc1. The van der Waals surface area contributed by atoms with Crippen LogP contribution in [-0.4, -0.2) is 5.11 Å². The average molecular weight is 281 g/mol. The minimum absolute atomic E-state index is 0.432. The molecule has 1 unspecified atom stereocenters. The largest absolute Gasteiger partial charge is 0.468 e. The monoisotopic (exact) mass is 280 g/mol. The lowest BCUT2D eigenvalue weighted by Gasteiger charge is -2.09. The molecule has 0 radical (unpaired) electrons. The van der Waals surface area contributed by atoms with Gasteiger partial charge in [-0.25, -0.2) is 0 Å². The molecule has 0 amide bonds. The third kappa shape index (κ3) is 2.74. The standard InChI is InChI=1S/C13H13BrO2/c14-11-8-9-16-13(11)7-6-12(15)10-4-2-1-3-5-10/h1-5,8-9,12,15H,6-7H2. The number of aliphatic hydroxyl groups excluding tert-OH is 1. The van der Waals surface area contributed by atoms with Crippen LogP contribution in [0, 0.1) is 0 Å². The van der Waals surface area contributed by atoms with Crippen molar-refractivity contribution in [1.82, 2.24) is 0 Å². The van der Waals surface area contributed by atoms with Crippen LogP contribution in [0.5, 0.6) is 0 Å². The van der Waals surface area contributed by atoms with E-state index in [2.05, 4.69) is 15.9 Å². The van der Waals surface area contributed by atoms with E-state index in [1.807, 2.05) is 36.4 Å². The predicted molar refractivity (Wildman–Crippen MR) is 66.1 cm³/mol. The lowest BCUT2D eigenvalue weighted by molar-refractivity contribution is 0.165. The van der Waals surface area contributed by atoms with Gasteiger partial charge >= 0.3 is 0 Å². The van der Waals surface area contributed by atoms with Crippen molar-refractivity contribution in [3.05, 3.63) is 58.5 Å². The Balaban J connectivity index is 1.94. The molecular weight excluding hydrogens is 268 g/mol. The van der Waals surface area contributed by atoms with Crippen molar-refractivity contribution in [1.29, 1.82) is 0 Å². The highest BCUT2D eigenvalue weighted by Crippen LogP contribution is 2.23. The van der Waals surface area contributed by atoms with E-state index in [1.54, 1.807) is 6.26 Å². The second-order valence-electron chi connectivity index (χ2n) is 3.66. The van der Waals surface area contributed by atoms with Gasteiger partial charge in [0.05, 0.1) is 16.8 Å². The minimum Gasteiger partial charge on any atom is -0.468 e. The Kier molecular flexibility index (Phi) is 3.80. The van der Waals surface area contributed by atoms with E-state index >= 15 is 0 Å². The molecule has 0 aliphatic heterocycles. The topological polar surface area (TPSA) is 33.4 Å². The highest BCUT2D eigenvalue weighted by atomic mass is 79.9. The molecule has 0 spiro atoms. The lowest BCUT2D eigenvalue weighted by Crippen LogP contribution is -1.99. The van der Waals surface area contributed by atoms with Gasteiger partial charge in [0.1, 0.15) is 5.76 Å². The van der Waals surface area contributed by atoms with Crippen molar-refractivity contribution in [2.45, 2.75) is 18.9 Å². The van der Waals surface area contributed by atoms with Gasteiger partial charge in [-0.05, 0) is 34.0 Å². The molecule has 0 saturated heterocycles. The van der Waals surface area contributed by atoms with Crippen molar-refractivity contribution >= 4 is 15.9 Å². The van der Waals surface area contributed by atoms with E-state index in [-0.39, 0.29) is 0 Å². The Morgan fingerprint density at radius 1 is 1.19 bits per heavy atom. The molecule has 1 heterocycles. The Morgan fingerprint density at radius 3 is 2.56 bits per heavy atom. The van der Waals surface area contributed by atoms with Crippen molar-refractivity contribution in [2.24, 2.45) is 0 Å². The molecule has 16 heavy (non-hydrogen) atoms. The van der Waals surface area contributed by atoms with Gasteiger partial charge in [-0.2, -0.15) is 0 Å². The number of benzene rings is 1. The highest BCUT2D eigenvalue weighted by Gasteiger charge is 2.10. The van der Waals surface area contributed by atoms with Crippen LogP contribution in [0.3, 0.4) is 0 Å². The van der Waals surface area contributed by atoms with E-state index in [1.165, 1.54) is 0 Å². The van der Waals surface area contributed by atoms with E-state index < -0.39 is 6.10 Å². The number of hydrogen-bond donors (Lipinski definition) is 1. The zero-order chi connectivity index (χ0) is 11.4. The smallest absolute Gasteiger partial charge is 0.118 e. The molecule has 1 N–H and O–H groups in total. The van der Waals surface area contributed by atoms with Gasteiger partial charge in [0.25, 0.3) is 0 Å². The molecule has 1 aromatic carbocycles. The molecule has 0 aliphatic rings. The number of aryl methyl sites for hydroxylation is 1. The number of halogens is 1. The molecule has 3 heteroatoms. The summed E-state index contributed by atoms with van der Waals surface area (Å²) in [4.78, 5) is 0. The summed E-state index contributed by atoms with van der Waals surface area (Å²) in [7, 11) is 0. The van der Waals surface area contributed by atoms with Gasteiger partial charge in [0, 0.05) is 6.42 Å². The van der Waals surface area contributed by atoms with Crippen LogP contribution in [0.15, 0.2) is 51.6 Å². The maximum absolute atomic E-state index is 9.95. The molecule has 1 aromatic heterocycles. The fourth-order valence-electron chi connectivity index (χ4n) is 1.61. The summed E-state index contributed by atoms with van der Waals surface area (Å²) in [5, 5.41) is 9.95. The van der Waals surface area contributed by atoms with Crippen LogP contribution in [0.25, 0.3) is 0 Å². The highest BCUT2D eigenvalue weighted by molar-refractivity contribution is 9.10. The molecule has 1 atom stereocenters. The van der Waals surface area contributed by atoms with Gasteiger partial charge in [-0.3, -0.25) is 0 Å². The third-order valence-electron chi connectivity index (χ3n) is 2.52. The van der Waals surface area contributed by atoms with Crippen LogP contribution in [0.4, 0.5) is 0 Å². The first-order valence-corrected chi connectivity index (χ1v) is 6.01. The summed E-state index contributed by atoms with van der Waals surface area (Å²) < 4.78 is 6.26. The summed E-state index contributed by atoms with van der Waals surface area (Å²) in [5.74, 6) is 0.884. The second-order valence-corrected chi connectivity index (χ2v) is 4.51. The first-order valence-electron chi connectivity index (χ1n) is 5.22. The molecular formula is C13H13BrO2. The molecule has 0 saturated carbocycles. The molecule has 2 nitrogen and oxygen atoms in total. The van der Waals surface area contributed by atoms with Gasteiger partial charge in [0.15, 0.2) is 0 Å². The fraction of sp³-hybridized carbons (Fsp3) is 0.231. The summed E-state index contributed by atoms with van der Waals surface area (Å²) in [6.07, 6.45) is 2.60. The fourth-order valence-corrected chi connectivity index (χ4v) is 2.01. The predicted octanol–water partition coefficient (Wildman–Crippen LogP) is 3.71. The summed E-state index contributed by atoms with van der Waals surface area (Å²) in [6, 6.07) is 11.5. The number of rotatable bonds is 4. The minimum atomic E-state index is -0.432. The molecule has 2 aromatic rings. The first kappa shape index (κ1) is 11.4. The Morgan fingerprint density at radius 2 is 1.94 bits per heavy atom. The van der Waals surface area contributed by atoms with Crippen LogP contribution in [-0.2, 0) is 6.42 Å². The third-order valence-corrected chi connectivity index (χ3v) is 3.23. The van der Waals surface area contributed by atoms with E-state index in [4.69, 9.17) is 4.42 Å². The zero-order valence-corrected chi connectivity index (χ0v) is 10.4. The first-order chi connectivity index (χ1) is 7.77. The maximum atomic E-state index is 9.95. The molecule has 0 fully saturated rings. The van der Waals surface area contributed by atoms with Crippen molar-refractivity contribution in [3.63, 3.8) is 0 Å².